The van der Waals surface area contributed by atoms with Gasteiger partial charge in [0.25, 0.3) is 0 Å². The molecule has 0 aromatic carbocycles. The molecule has 2 atom stereocenters. The van der Waals surface area contributed by atoms with Crippen LogP contribution in [0.5, 0.6) is 0 Å². The van der Waals surface area contributed by atoms with Gasteiger partial charge >= 0.3 is 0 Å². The maximum absolute atomic E-state index is 11.9. The van der Waals surface area contributed by atoms with Crippen LogP contribution in [0.1, 0.15) is 39.5 Å². The molecule has 0 aromatic rings. The first-order chi connectivity index (χ1) is 7.65. The maximum atomic E-state index is 11.9. The van der Waals surface area contributed by atoms with Crippen molar-refractivity contribution in [3.63, 3.8) is 0 Å². The standard InChI is InChI=1S/C13H26N2O.ClH/c1-4-8-15(3)13(16)9-11(2)12-6-5-7-14-10-12;/h11-12,14H,4-10H2,1-3H3;1H. The molecule has 1 N–H and O–H groups in total. The van der Waals surface area contributed by atoms with Crippen molar-refractivity contribution in [2.75, 3.05) is 26.7 Å². The molecule has 0 aliphatic carbocycles. The van der Waals surface area contributed by atoms with E-state index in [2.05, 4.69) is 19.2 Å². The van der Waals surface area contributed by atoms with Gasteiger partial charge in [0.1, 0.15) is 0 Å². The van der Waals surface area contributed by atoms with E-state index in [0.29, 0.717) is 24.2 Å². The zero-order valence-corrected chi connectivity index (χ0v) is 12.2. The number of carbonyl (C=O) groups is 1. The lowest BCUT2D eigenvalue weighted by atomic mass is 9.85. The summed E-state index contributed by atoms with van der Waals surface area (Å²) in [7, 11) is 1.91. The van der Waals surface area contributed by atoms with Crippen LogP contribution in [0.4, 0.5) is 0 Å². The van der Waals surface area contributed by atoms with Gasteiger partial charge in [-0.25, -0.2) is 0 Å². The molecule has 1 fully saturated rings. The molecule has 0 aromatic heterocycles. The average molecular weight is 263 g/mol. The number of hydrogen-bond acceptors (Lipinski definition) is 2. The van der Waals surface area contributed by atoms with Crippen LogP contribution in [-0.2, 0) is 4.79 Å². The van der Waals surface area contributed by atoms with Crippen molar-refractivity contribution in [2.45, 2.75) is 39.5 Å². The lowest BCUT2D eigenvalue weighted by Crippen LogP contribution is -2.36. The number of piperidine rings is 1. The third kappa shape index (κ3) is 5.73. The largest absolute Gasteiger partial charge is 0.346 e. The summed E-state index contributed by atoms with van der Waals surface area (Å²) >= 11 is 0. The van der Waals surface area contributed by atoms with Gasteiger partial charge < -0.3 is 10.2 Å². The highest BCUT2D eigenvalue weighted by atomic mass is 35.5. The van der Waals surface area contributed by atoms with Crippen LogP contribution in [0.15, 0.2) is 0 Å². The highest BCUT2D eigenvalue weighted by Crippen LogP contribution is 2.22. The van der Waals surface area contributed by atoms with E-state index in [1.807, 2.05) is 11.9 Å². The number of nitrogens with zero attached hydrogens (tertiary/aromatic N) is 1. The molecule has 1 rings (SSSR count). The maximum Gasteiger partial charge on any atom is 0.222 e. The van der Waals surface area contributed by atoms with Crippen molar-refractivity contribution in [2.24, 2.45) is 11.8 Å². The predicted octanol–water partition coefficient (Wildman–Crippen LogP) is 2.30. The van der Waals surface area contributed by atoms with Gasteiger partial charge in [-0.2, -0.15) is 0 Å². The Morgan fingerprint density at radius 1 is 1.53 bits per heavy atom. The van der Waals surface area contributed by atoms with Gasteiger partial charge in [-0.15, -0.1) is 12.4 Å². The molecule has 0 spiro atoms. The topological polar surface area (TPSA) is 32.3 Å². The molecule has 1 aliphatic heterocycles. The van der Waals surface area contributed by atoms with Gasteiger partial charge in [0.15, 0.2) is 0 Å². The van der Waals surface area contributed by atoms with Gasteiger partial charge in [-0.05, 0) is 44.2 Å². The van der Waals surface area contributed by atoms with Gasteiger partial charge in [0, 0.05) is 20.0 Å². The summed E-state index contributed by atoms with van der Waals surface area (Å²) in [6, 6.07) is 0. The Hall–Kier alpha value is -0.280. The first kappa shape index (κ1) is 16.7. The fourth-order valence-electron chi connectivity index (χ4n) is 2.42. The molecule has 0 bridgehead atoms. The Bertz CT molecular complexity index is 217. The Labute approximate surface area is 112 Å². The van der Waals surface area contributed by atoms with Crippen LogP contribution < -0.4 is 5.32 Å². The smallest absolute Gasteiger partial charge is 0.222 e. The van der Waals surface area contributed by atoms with E-state index in [9.17, 15) is 4.79 Å². The van der Waals surface area contributed by atoms with E-state index in [4.69, 9.17) is 0 Å². The fraction of sp³-hybridized carbons (Fsp3) is 0.923. The number of amides is 1. The third-order valence-corrected chi connectivity index (χ3v) is 3.62. The predicted molar refractivity (Wildman–Crippen MR) is 74.6 cm³/mol. The molecule has 1 aliphatic rings. The number of rotatable bonds is 5. The zero-order chi connectivity index (χ0) is 12.0. The zero-order valence-electron chi connectivity index (χ0n) is 11.4. The normalized spacial score (nSPS) is 21.5. The minimum absolute atomic E-state index is 0. The van der Waals surface area contributed by atoms with Crippen LogP contribution in [-0.4, -0.2) is 37.5 Å². The Morgan fingerprint density at radius 2 is 2.24 bits per heavy atom. The fourth-order valence-corrected chi connectivity index (χ4v) is 2.42. The first-order valence-electron chi connectivity index (χ1n) is 6.59. The van der Waals surface area contributed by atoms with Gasteiger partial charge in [0.2, 0.25) is 5.91 Å². The van der Waals surface area contributed by atoms with Crippen LogP contribution in [0, 0.1) is 11.8 Å². The molecule has 17 heavy (non-hydrogen) atoms. The summed E-state index contributed by atoms with van der Waals surface area (Å²) in [4.78, 5) is 13.8. The molecule has 4 heteroatoms. The first-order valence-corrected chi connectivity index (χ1v) is 6.59. The number of halogens is 1. The summed E-state index contributed by atoms with van der Waals surface area (Å²) in [5.74, 6) is 1.51. The molecule has 3 nitrogen and oxygen atoms in total. The SMILES string of the molecule is CCCN(C)C(=O)CC(C)C1CCCNC1.Cl. The van der Waals surface area contributed by atoms with Crippen molar-refractivity contribution >= 4 is 18.3 Å². The van der Waals surface area contributed by atoms with Gasteiger partial charge in [-0.3, -0.25) is 4.79 Å². The Morgan fingerprint density at radius 3 is 2.76 bits per heavy atom. The summed E-state index contributed by atoms with van der Waals surface area (Å²) in [6.45, 7) is 7.45. The minimum atomic E-state index is 0. The molecular weight excluding hydrogens is 236 g/mol. The van der Waals surface area contributed by atoms with E-state index in [1.165, 1.54) is 12.8 Å². The van der Waals surface area contributed by atoms with E-state index in [1.54, 1.807) is 0 Å². The molecule has 1 amide bonds. The monoisotopic (exact) mass is 262 g/mol. The molecule has 0 radical (unpaired) electrons. The van der Waals surface area contributed by atoms with E-state index < -0.39 is 0 Å². The van der Waals surface area contributed by atoms with Crippen molar-refractivity contribution in [1.82, 2.24) is 10.2 Å². The lowest BCUT2D eigenvalue weighted by molar-refractivity contribution is -0.131. The Kier molecular flexibility index (Phi) is 8.61. The van der Waals surface area contributed by atoms with Crippen LogP contribution >= 0.6 is 12.4 Å². The molecule has 1 saturated heterocycles. The number of hydrogen-bond donors (Lipinski definition) is 1. The van der Waals surface area contributed by atoms with Crippen molar-refractivity contribution in [1.29, 1.82) is 0 Å². The second-order valence-corrected chi connectivity index (χ2v) is 5.10. The number of carbonyl (C=O) groups excluding carboxylic acids is 1. The third-order valence-electron chi connectivity index (χ3n) is 3.62. The minimum Gasteiger partial charge on any atom is -0.346 e. The Balaban J connectivity index is 0.00000256. The lowest BCUT2D eigenvalue weighted by Gasteiger charge is -2.29. The summed E-state index contributed by atoms with van der Waals surface area (Å²) < 4.78 is 0. The summed E-state index contributed by atoms with van der Waals surface area (Å²) in [5.41, 5.74) is 0. The summed E-state index contributed by atoms with van der Waals surface area (Å²) in [5, 5.41) is 3.42. The summed E-state index contributed by atoms with van der Waals surface area (Å²) in [6.07, 6.45) is 4.29. The highest BCUT2D eigenvalue weighted by molar-refractivity contribution is 5.85. The van der Waals surface area contributed by atoms with Gasteiger partial charge in [0.05, 0.1) is 0 Å². The molecule has 1 heterocycles. The molecule has 0 saturated carbocycles. The number of nitrogens with one attached hydrogen (secondary N) is 1. The van der Waals surface area contributed by atoms with Crippen LogP contribution in [0.3, 0.4) is 0 Å². The van der Waals surface area contributed by atoms with Gasteiger partial charge in [-0.1, -0.05) is 13.8 Å². The molecule has 2 unspecified atom stereocenters. The highest BCUT2D eigenvalue weighted by Gasteiger charge is 2.22. The van der Waals surface area contributed by atoms with Crippen molar-refractivity contribution in [3.05, 3.63) is 0 Å². The quantitative estimate of drug-likeness (QED) is 0.825. The molecular formula is C13H27ClN2O. The van der Waals surface area contributed by atoms with Crippen molar-refractivity contribution in [3.8, 4) is 0 Å². The second-order valence-electron chi connectivity index (χ2n) is 5.10. The average Bonchev–Trinajstić information content (AvgIpc) is 2.30. The van der Waals surface area contributed by atoms with Crippen molar-refractivity contribution < 1.29 is 4.79 Å². The van der Waals surface area contributed by atoms with E-state index in [-0.39, 0.29) is 12.4 Å². The van der Waals surface area contributed by atoms with E-state index >= 15 is 0 Å². The molecule has 102 valence electrons. The van der Waals surface area contributed by atoms with E-state index in [0.717, 1.165) is 26.1 Å². The second kappa shape index (κ2) is 8.76. The van der Waals surface area contributed by atoms with Crippen LogP contribution in [0.2, 0.25) is 0 Å². The van der Waals surface area contributed by atoms with Crippen LogP contribution in [0.25, 0.3) is 0 Å².